The minimum atomic E-state index is -0.470. The van der Waals surface area contributed by atoms with Gasteiger partial charge in [0, 0.05) is 19.8 Å². The van der Waals surface area contributed by atoms with Crippen LogP contribution in [0.3, 0.4) is 0 Å². The van der Waals surface area contributed by atoms with Crippen LogP contribution in [0.2, 0.25) is 0 Å². The molecule has 0 aliphatic rings. The van der Waals surface area contributed by atoms with Crippen molar-refractivity contribution in [2.45, 2.75) is 19.9 Å². The van der Waals surface area contributed by atoms with E-state index in [9.17, 15) is 4.79 Å². The Hall–Kier alpha value is -2.50. The lowest BCUT2D eigenvalue weighted by Crippen LogP contribution is -2.27. The number of hydrogen-bond donors (Lipinski definition) is 2. The number of carbonyl (C=O) groups is 1. The number of amides is 1. The lowest BCUT2D eigenvalue weighted by Gasteiger charge is -2.28. The lowest BCUT2D eigenvalue weighted by molar-refractivity contribution is 0.1000. The maximum absolute atomic E-state index is 11.7. The number of aryl methyl sites for hydroxylation is 2. The van der Waals surface area contributed by atoms with Crippen LogP contribution in [0, 0.1) is 6.92 Å². The number of hydrogen-bond acceptors (Lipinski definition) is 4. The van der Waals surface area contributed by atoms with Gasteiger partial charge in [0.15, 0.2) is 0 Å². The van der Waals surface area contributed by atoms with Crippen LogP contribution in [0.25, 0.3) is 0 Å². The molecule has 1 amide bonds. The molecule has 1 aromatic carbocycles. The average Bonchev–Trinajstić information content (AvgIpc) is 2.71. The van der Waals surface area contributed by atoms with Gasteiger partial charge in [-0.1, -0.05) is 12.1 Å². The number of rotatable bonds is 4. The quantitative estimate of drug-likeness (QED) is 0.836. The summed E-state index contributed by atoms with van der Waals surface area (Å²) in [6, 6.07) is 7.72. The second-order valence-electron chi connectivity index (χ2n) is 5.23. The molecular formula is C15H21N5O. The van der Waals surface area contributed by atoms with Crippen LogP contribution in [-0.2, 0) is 7.05 Å². The van der Waals surface area contributed by atoms with Crippen molar-refractivity contribution in [1.29, 1.82) is 0 Å². The zero-order valence-electron chi connectivity index (χ0n) is 12.8. The third-order valence-corrected chi connectivity index (χ3v) is 3.75. The summed E-state index contributed by atoms with van der Waals surface area (Å²) in [4.78, 5) is 13.7. The molecule has 0 radical (unpaired) electrons. The Kier molecular flexibility index (Phi) is 3.88. The summed E-state index contributed by atoms with van der Waals surface area (Å²) in [7, 11) is 3.72. The Labute approximate surface area is 124 Å². The molecule has 0 spiro atoms. The summed E-state index contributed by atoms with van der Waals surface area (Å²) in [6.07, 6.45) is 0. The number of nitrogen functional groups attached to an aromatic ring is 1. The Morgan fingerprint density at radius 1 is 1.43 bits per heavy atom. The first-order valence-electron chi connectivity index (χ1n) is 6.74. The van der Waals surface area contributed by atoms with Gasteiger partial charge in [-0.2, -0.15) is 5.10 Å². The first-order chi connectivity index (χ1) is 9.82. The molecule has 2 rings (SSSR count). The summed E-state index contributed by atoms with van der Waals surface area (Å²) in [6.45, 7) is 3.82. The molecule has 0 aliphatic carbocycles. The fourth-order valence-electron chi connectivity index (χ4n) is 2.56. The lowest BCUT2D eigenvalue weighted by atomic mass is 10.1. The number of carbonyl (C=O) groups excluding carboxylic acids is 1. The van der Waals surface area contributed by atoms with Gasteiger partial charge in [-0.25, -0.2) is 0 Å². The van der Waals surface area contributed by atoms with Crippen molar-refractivity contribution in [3.8, 4) is 0 Å². The van der Waals surface area contributed by atoms with E-state index in [0.717, 1.165) is 5.56 Å². The first kappa shape index (κ1) is 14.9. The number of nitrogens with zero attached hydrogens (tertiary/aromatic N) is 3. The predicted molar refractivity (Wildman–Crippen MR) is 84.1 cm³/mol. The third-order valence-electron chi connectivity index (χ3n) is 3.75. The summed E-state index contributed by atoms with van der Waals surface area (Å²) < 4.78 is 1.68. The van der Waals surface area contributed by atoms with Gasteiger partial charge < -0.3 is 16.4 Å². The van der Waals surface area contributed by atoms with Gasteiger partial charge in [-0.15, -0.1) is 0 Å². The topological polar surface area (TPSA) is 90.2 Å². The smallest absolute Gasteiger partial charge is 0.254 e. The highest BCUT2D eigenvalue weighted by molar-refractivity contribution is 5.99. The van der Waals surface area contributed by atoms with Gasteiger partial charge >= 0.3 is 0 Å². The normalized spacial score (nSPS) is 12.2. The molecule has 0 aliphatic heterocycles. The monoisotopic (exact) mass is 287 g/mol. The zero-order chi connectivity index (χ0) is 15.7. The van der Waals surface area contributed by atoms with Crippen molar-refractivity contribution in [2.24, 2.45) is 12.8 Å². The standard InChI is InChI=1S/C15H21N5O/c1-9-13(14(17)21)15(20(4)18-9)19(3)10(2)11-6-5-7-12(16)8-11/h5-8,10H,16H2,1-4H3,(H2,17,21). The molecule has 0 fully saturated rings. The van der Waals surface area contributed by atoms with Gasteiger partial charge in [0.25, 0.3) is 5.91 Å². The van der Waals surface area contributed by atoms with E-state index < -0.39 is 5.91 Å². The second kappa shape index (κ2) is 5.47. The van der Waals surface area contributed by atoms with E-state index in [0.29, 0.717) is 22.8 Å². The second-order valence-corrected chi connectivity index (χ2v) is 5.23. The summed E-state index contributed by atoms with van der Waals surface area (Å²) in [5.41, 5.74) is 14.2. The van der Waals surface area contributed by atoms with Gasteiger partial charge in [0.1, 0.15) is 11.4 Å². The summed E-state index contributed by atoms with van der Waals surface area (Å²) in [5, 5.41) is 4.30. The highest BCUT2D eigenvalue weighted by atomic mass is 16.1. The number of benzene rings is 1. The number of anilines is 2. The fraction of sp³-hybridized carbons (Fsp3) is 0.333. The predicted octanol–water partition coefficient (Wildman–Crippen LogP) is 1.61. The Morgan fingerprint density at radius 2 is 2.10 bits per heavy atom. The molecule has 1 atom stereocenters. The van der Waals surface area contributed by atoms with Crippen molar-refractivity contribution in [1.82, 2.24) is 9.78 Å². The highest BCUT2D eigenvalue weighted by Crippen LogP contribution is 2.29. The molecular weight excluding hydrogens is 266 g/mol. The van der Waals surface area contributed by atoms with Crippen LogP contribution in [0.4, 0.5) is 11.5 Å². The molecule has 0 bridgehead atoms. The third kappa shape index (κ3) is 2.69. The molecule has 0 saturated heterocycles. The summed E-state index contributed by atoms with van der Waals surface area (Å²) in [5.74, 6) is 0.233. The van der Waals surface area contributed by atoms with Gasteiger partial charge in [-0.3, -0.25) is 9.48 Å². The largest absolute Gasteiger partial charge is 0.399 e. The SMILES string of the molecule is Cc1nn(C)c(N(C)C(C)c2cccc(N)c2)c1C(N)=O. The summed E-state index contributed by atoms with van der Waals surface area (Å²) >= 11 is 0. The molecule has 1 unspecified atom stereocenters. The molecule has 6 nitrogen and oxygen atoms in total. The molecule has 1 aromatic heterocycles. The van der Waals surface area contributed by atoms with Gasteiger partial charge in [-0.05, 0) is 31.5 Å². The molecule has 112 valence electrons. The van der Waals surface area contributed by atoms with Crippen molar-refractivity contribution in [3.63, 3.8) is 0 Å². The van der Waals surface area contributed by atoms with E-state index >= 15 is 0 Å². The fourth-order valence-corrected chi connectivity index (χ4v) is 2.56. The van der Waals surface area contributed by atoms with Crippen LogP contribution < -0.4 is 16.4 Å². The minimum Gasteiger partial charge on any atom is -0.399 e. The van der Waals surface area contributed by atoms with Crippen molar-refractivity contribution in [2.75, 3.05) is 17.7 Å². The zero-order valence-corrected chi connectivity index (χ0v) is 12.8. The molecule has 6 heteroatoms. The van der Waals surface area contributed by atoms with Crippen LogP contribution in [0.1, 0.15) is 34.6 Å². The highest BCUT2D eigenvalue weighted by Gasteiger charge is 2.24. The van der Waals surface area contributed by atoms with Crippen molar-refractivity contribution in [3.05, 3.63) is 41.1 Å². The van der Waals surface area contributed by atoms with Crippen LogP contribution in [0.15, 0.2) is 24.3 Å². The first-order valence-corrected chi connectivity index (χ1v) is 6.74. The van der Waals surface area contributed by atoms with Gasteiger partial charge in [0.05, 0.1) is 11.7 Å². The maximum atomic E-state index is 11.7. The van der Waals surface area contributed by atoms with E-state index in [1.807, 2.05) is 43.1 Å². The van der Waals surface area contributed by atoms with Crippen molar-refractivity contribution >= 4 is 17.4 Å². The van der Waals surface area contributed by atoms with Crippen LogP contribution in [0.5, 0.6) is 0 Å². The number of primary amides is 1. The number of aromatic nitrogens is 2. The molecule has 0 saturated carbocycles. The Morgan fingerprint density at radius 3 is 2.67 bits per heavy atom. The van der Waals surface area contributed by atoms with E-state index in [-0.39, 0.29) is 6.04 Å². The molecule has 2 aromatic rings. The number of nitrogens with two attached hydrogens (primary N) is 2. The van der Waals surface area contributed by atoms with E-state index in [2.05, 4.69) is 5.10 Å². The average molecular weight is 287 g/mol. The Balaban J connectivity index is 2.45. The molecule has 21 heavy (non-hydrogen) atoms. The van der Waals surface area contributed by atoms with E-state index in [1.165, 1.54) is 0 Å². The van der Waals surface area contributed by atoms with Crippen LogP contribution in [-0.4, -0.2) is 22.7 Å². The molecule has 1 heterocycles. The maximum Gasteiger partial charge on any atom is 0.254 e. The van der Waals surface area contributed by atoms with Crippen LogP contribution >= 0.6 is 0 Å². The van der Waals surface area contributed by atoms with E-state index in [4.69, 9.17) is 11.5 Å². The van der Waals surface area contributed by atoms with Crippen molar-refractivity contribution < 1.29 is 4.79 Å². The minimum absolute atomic E-state index is 0.0291. The van der Waals surface area contributed by atoms with E-state index in [1.54, 1.807) is 18.7 Å². The molecule has 4 N–H and O–H groups in total. The van der Waals surface area contributed by atoms with Gasteiger partial charge in [0.2, 0.25) is 0 Å². The Bertz CT molecular complexity index is 677.